The van der Waals surface area contributed by atoms with Crippen molar-refractivity contribution in [3.05, 3.63) is 28.8 Å². The van der Waals surface area contributed by atoms with Gasteiger partial charge in [-0.2, -0.15) is 0 Å². The van der Waals surface area contributed by atoms with E-state index >= 15 is 0 Å². The Morgan fingerprint density at radius 1 is 1.30 bits per heavy atom. The van der Waals surface area contributed by atoms with Crippen molar-refractivity contribution in [3.8, 4) is 5.75 Å². The van der Waals surface area contributed by atoms with Gasteiger partial charge in [0.1, 0.15) is 5.75 Å². The van der Waals surface area contributed by atoms with Gasteiger partial charge in [-0.25, -0.2) is 0 Å². The van der Waals surface area contributed by atoms with Crippen LogP contribution in [0.2, 0.25) is 5.02 Å². The van der Waals surface area contributed by atoms with Gasteiger partial charge in [-0.05, 0) is 38.0 Å². The number of benzene rings is 1. The monoisotopic (exact) mass is 341 g/mol. The van der Waals surface area contributed by atoms with E-state index in [1.54, 1.807) is 33.1 Å². The quantitative estimate of drug-likeness (QED) is 0.774. The summed E-state index contributed by atoms with van der Waals surface area (Å²) in [5.74, 6) is -0.110. The molecule has 0 radical (unpaired) electrons. The van der Waals surface area contributed by atoms with Crippen molar-refractivity contribution in [1.29, 1.82) is 0 Å². The van der Waals surface area contributed by atoms with Gasteiger partial charge in [-0.15, -0.1) is 0 Å². The third-order valence-corrected chi connectivity index (χ3v) is 3.94. The Labute approximate surface area is 142 Å². The van der Waals surface area contributed by atoms with Gasteiger partial charge in [0.15, 0.2) is 0 Å². The van der Waals surface area contributed by atoms with E-state index in [1.165, 1.54) is 7.11 Å². The minimum atomic E-state index is -0.756. The van der Waals surface area contributed by atoms with Crippen LogP contribution >= 0.6 is 11.6 Å². The van der Waals surface area contributed by atoms with E-state index < -0.39 is 5.41 Å². The third-order valence-electron chi connectivity index (χ3n) is 3.65. The molecule has 0 saturated carbocycles. The van der Waals surface area contributed by atoms with Crippen molar-refractivity contribution in [2.45, 2.75) is 27.2 Å². The maximum absolute atomic E-state index is 12.2. The fraction of sp³-hybridized carbons (Fsp3) is 0.529. The number of esters is 1. The van der Waals surface area contributed by atoms with E-state index in [0.717, 1.165) is 5.56 Å². The second-order valence-corrected chi connectivity index (χ2v) is 6.57. The zero-order valence-electron chi connectivity index (χ0n) is 14.2. The first-order valence-electron chi connectivity index (χ1n) is 7.39. The Bertz CT molecular complexity index is 572. The molecule has 0 aliphatic carbocycles. The molecular weight excluding hydrogens is 318 g/mol. The highest BCUT2D eigenvalue weighted by atomic mass is 35.5. The SMILES string of the molecule is COC(=O)C(C)(C)CNC(=O)C(C)Cc1ccc(OC)c(Cl)c1. The zero-order chi connectivity index (χ0) is 17.6. The normalized spacial score (nSPS) is 12.4. The van der Waals surface area contributed by atoms with Crippen LogP contribution in [0.4, 0.5) is 0 Å². The summed E-state index contributed by atoms with van der Waals surface area (Å²) in [6.45, 7) is 5.52. The number of carbonyl (C=O) groups is 2. The predicted molar refractivity (Wildman–Crippen MR) is 89.7 cm³/mol. The van der Waals surface area contributed by atoms with Crippen LogP contribution in [-0.2, 0) is 20.7 Å². The van der Waals surface area contributed by atoms with Gasteiger partial charge >= 0.3 is 5.97 Å². The van der Waals surface area contributed by atoms with E-state index in [-0.39, 0.29) is 24.3 Å². The second-order valence-electron chi connectivity index (χ2n) is 6.17. The topological polar surface area (TPSA) is 64.6 Å². The molecule has 0 aromatic heterocycles. The van der Waals surface area contributed by atoms with Crippen LogP contribution in [0, 0.1) is 11.3 Å². The van der Waals surface area contributed by atoms with E-state index in [4.69, 9.17) is 21.1 Å². The van der Waals surface area contributed by atoms with Crippen LogP contribution in [0.25, 0.3) is 0 Å². The van der Waals surface area contributed by atoms with Crippen LogP contribution in [0.5, 0.6) is 5.75 Å². The molecule has 0 spiro atoms. The molecule has 6 heteroatoms. The summed E-state index contributed by atoms with van der Waals surface area (Å²) in [6, 6.07) is 5.46. The predicted octanol–water partition coefficient (Wildman–Crippen LogP) is 2.84. The number of hydrogen-bond donors (Lipinski definition) is 1. The minimum Gasteiger partial charge on any atom is -0.495 e. The molecule has 0 aliphatic heterocycles. The Balaban J connectivity index is 2.61. The van der Waals surface area contributed by atoms with Crippen molar-refractivity contribution in [2.24, 2.45) is 11.3 Å². The number of amides is 1. The van der Waals surface area contributed by atoms with Crippen LogP contribution in [0.1, 0.15) is 26.3 Å². The largest absolute Gasteiger partial charge is 0.495 e. The van der Waals surface area contributed by atoms with E-state index in [0.29, 0.717) is 17.2 Å². The van der Waals surface area contributed by atoms with Crippen LogP contribution < -0.4 is 10.1 Å². The molecule has 5 nitrogen and oxygen atoms in total. The lowest BCUT2D eigenvalue weighted by atomic mass is 9.93. The summed E-state index contributed by atoms with van der Waals surface area (Å²) in [5, 5.41) is 3.32. The third kappa shape index (κ3) is 5.43. The lowest BCUT2D eigenvalue weighted by Gasteiger charge is -2.23. The molecule has 1 N–H and O–H groups in total. The van der Waals surface area contributed by atoms with Crippen LogP contribution in [-0.4, -0.2) is 32.6 Å². The molecule has 0 aliphatic rings. The molecule has 1 unspecified atom stereocenters. The smallest absolute Gasteiger partial charge is 0.313 e. The summed E-state index contributed by atoms with van der Waals surface area (Å²) >= 11 is 6.09. The zero-order valence-corrected chi connectivity index (χ0v) is 15.0. The number of rotatable bonds is 7. The number of nitrogens with one attached hydrogen (secondary N) is 1. The number of ether oxygens (including phenoxy) is 2. The van der Waals surface area contributed by atoms with Gasteiger partial charge in [-0.1, -0.05) is 24.6 Å². The Hall–Kier alpha value is -1.75. The fourth-order valence-electron chi connectivity index (χ4n) is 2.11. The summed E-state index contributed by atoms with van der Waals surface area (Å²) in [7, 11) is 2.89. The first-order chi connectivity index (χ1) is 10.7. The van der Waals surface area contributed by atoms with Crippen LogP contribution in [0.3, 0.4) is 0 Å². The van der Waals surface area contributed by atoms with Gasteiger partial charge in [0.25, 0.3) is 0 Å². The van der Waals surface area contributed by atoms with Crippen LogP contribution in [0.15, 0.2) is 18.2 Å². The minimum absolute atomic E-state index is 0.117. The average molecular weight is 342 g/mol. The molecule has 1 aromatic rings. The number of methoxy groups -OCH3 is 2. The van der Waals surface area contributed by atoms with Crippen molar-refractivity contribution < 1.29 is 19.1 Å². The Morgan fingerprint density at radius 3 is 2.48 bits per heavy atom. The van der Waals surface area contributed by atoms with E-state index in [1.807, 2.05) is 13.0 Å². The molecule has 0 saturated heterocycles. The molecule has 0 bridgehead atoms. The molecule has 128 valence electrons. The fourth-order valence-corrected chi connectivity index (χ4v) is 2.39. The second kappa shape index (κ2) is 8.20. The number of hydrogen-bond acceptors (Lipinski definition) is 4. The highest BCUT2D eigenvalue weighted by Crippen LogP contribution is 2.26. The molecule has 1 rings (SSSR count). The van der Waals surface area contributed by atoms with Gasteiger partial charge in [-0.3, -0.25) is 9.59 Å². The van der Waals surface area contributed by atoms with Crippen molar-refractivity contribution in [3.63, 3.8) is 0 Å². The summed E-state index contributed by atoms with van der Waals surface area (Å²) in [6.07, 6.45) is 0.550. The summed E-state index contributed by atoms with van der Waals surface area (Å²) in [5.41, 5.74) is 0.193. The highest BCUT2D eigenvalue weighted by Gasteiger charge is 2.29. The summed E-state index contributed by atoms with van der Waals surface area (Å²) in [4.78, 5) is 23.8. The van der Waals surface area contributed by atoms with Gasteiger partial charge in [0.05, 0.1) is 24.7 Å². The van der Waals surface area contributed by atoms with Crippen molar-refractivity contribution in [2.75, 3.05) is 20.8 Å². The van der Waals surface area contributed by atoms with Gasteiger partial charge in [0, 0.05) is 12.5 Å². The van der Waals surface area contributed by atoms with Gasteiger partial charge in [0.2, 0.25) is 5.91 Å². The standard InChI is InChI=1S/C17H24ClNO4/c1-11(8-12-6-7-14(22-4)13(18)9-12)15(20)19-10-17(2,3)16(21)23-5/h6-7,9,11H,8,10H2,1-5H3,(H,19,20). The Morgan fingerprint density at radius 2 is 1.96 bits per heavy atom. The van der Waals surface area contributed by atoms with Crippen molar-refractivity contribution in [1.82, 2.24) is 5.32 Å². The first kappa shape index (κ1) is 19.3. The molecule has 1 amide bonds. The maximum atomic E-state index is 12.2. The molecule has 1 aromatic carbocycles. The van der Waals surface area contributed by atoms with Crippen molar-refractivity contribution >= 4 is 23.5 Å². The maximum Gasteiger partial charge on any atom is 0.313 e. The average Bonchev–Trinajstić information content (AvgIpc) is 2.51. The Kier molecular flexibility index (Phi) is 6.88. The van der Waals surface area contributed by atoms with E-state index in [2.05, 4.69) is 5.32 Å². The molecular formula is C17H24ClNO4. The molecule has 0 fully saturated rings. The van der Waals surface area contributed by atoms with Gasteiger partial charge < -0.3 is 14.8 Å². The molecule has 23 heavy (non-hydrogen) atoms. The molecule has 0 heterocycles. The van der Waals surface area contributed by atoms with E-state index in [9.17, 15) is 9.59 Å². The lowest BCUT2D eigenvalue weighted by molar-refractivity contribution is -0.150. The summed E-state index contributed by atoms with van der Waals surface area (Å²) < 4.78 is 9.83. The number of carbonyl (C=O) groups excluding carboxylic acids is 2. The number of halogens is 1. The first-order valence-corrected chi connectivity index (χ1v) is 7.77. The lowest BCUT2D eigenvalue weighted by Crippen LogP contribution is -2.41. The molecule has 1 atom stereocenters. The highest BCUT2D eigenvalue weighted by molar-refractivity contribution is 6.32.